The summed E-state index contributed by atoms with van der Waals surface area (Å²) in [7, 11) is 0. The first-order chi connectivity index (χ1) is 11.1. The number of aromatic nitrogens is 4. The van der Waals surface area contributed by atoms with Crippen molar-refractivity contribution in [1.82, 2.24) is 25.2 Å². The molecule has 1 aliphatic rings. The van der Waals surface area contributed by atoms with Crippen molar-refractivity contribution in [2.45, 2.75) is 58.4 Å². The fourth-order valence-electron chi connectivity index (χ4n) is 2.91. The molecule has 1 fully saturated rings. The van der Waals surface area contributed by atoms with E-state index >= 15 is 0 Å². The number of hydrogen-bond donors (Lipinski definition) is 1. The Hall–Kier alpha value is -2.18. The Morgan fingerprint density at radius 3 is 2.87 bits per heavy atom. The van der Waals surface area contributed by atoms with Crippen LogP contribution in [0.5, 0.6) is 0 Å². The number of hydrogen-bond acceptors (Lipinski definition) is 5. The van der Waals surface area contributed by atoms with Crippen molar-refractivity contribution in [2.24, 2.45) is 0 Å². The summed E-state index contributed by atoms with van der Waals surface area (Å²) >= 11 is 0. The third-order valence-electron chi connectivity index (χ3n) is 4.19. The number of carbonyl (C=O) groups is 1. The van der Waals surface area contributed by atoms with Gasteiger partial charge in [-0.3, -0.25) is 9.89 Å². The second kappa shape index (κ2) is 6.52. The molecule has 7 heteroatoms. The lowest BCUT2D eigenvalue weighted by Gasteiger charge is -2.27. The van der Waals surface area contributed by atoms with E-state index in [0.29, 0.717) is 24.0 Å². The molecule has 124 valence electrons. The smallest absolute Gasteiger partial charge is 0.274 e. The van der Waals surface area contributed by atoms with Crippen molar-refractivity contribution in [3.8, 4) is 0 Å². The number of H-pyrrole nitrogens is 1. The molecular weight excluding hydrogens is 294 g/mol. The normalized spacial score (nSPS) is 19.1. The van der Waals surface area contributed by atoms with E-state index in [-0.39, 0.29) is 17.9 Å². The van der Waals surface area contributed by atoms with E-state index in [4.69, 9.17) is 4.52 Å². The van der Waals surface area contributed by atoms with E-state index in [1.807, 2.05) is 25.7 Å². The van der Waals surface area contributed by atoms with Gasteiger partial charge in [0.2, 0.25) is 5.89 Å². The van der Waals surface area contributed by atoms with Crippen molar-refractivity contribution in [1.29, 1.82) is 0 Å². The van der Waals surface area contributed by atoms with Gasteiger partial charge < -0.3 is 9.42 Å². The number of amides is 1. The number of rotatable bonds is 3. The molecule has 0 unspecified atom stereocenters. The van der Waals surface area contributed by atoms with Crippen LogP contribution in [0.3, 0.4) is 0 Å². The van der Waals surface area contributed by atoms with Crippen LogP contribution in [0.4, 0.5) is 0 Å². The van der Waals surface area contributed by atoms with Gasteiger partial charge in [0, 0.05) is 18.2 Å². The van der Waals surface area contributed by atoms with Gasteiger partial charge in [-0.1, -0.05) is 31.8 Å². The van der Waals surface area contributed by atoms with E-state index in [0.717, 1.165) is 31.4 Å². The summed E-state index contributed by atoms with van der Waals surface area (Å²) in [6.07, 6.45) is 4.00. The summed E-state index contributed by atoms with van der Waals surface area (Å²) in [5, 5.41) is 11.1. The van der Waals surface area contributed by atoms with E-state index in [1.54, 1.807) is 6.07 Å². The predicted octanol–water partition coefficient (Wildman–Crippen LogP) is 2.98. The van der Waals surface area contributed by atoms with Crippen molar-refractivity contribution in [2.75, 3.05) is 6.54 Å². The largest absolute Gasteiger partial charge is 0.339 e. The maximum atomic E-state index is 12.8. The number of nitrogens with one attached hydrogen (secondary N) is 1. The van der Waals surface area contributed by atoms with Crippen LogP contribution in [0.2, 0.25) is 0 Å². The maximum absolute atomic E-state index is 12.8. The van der Waals surface area contributed by atoms with Gasteiger partial charge in [-0.15, -0.1) is 0 Å². The molecule has 1 aliphatic heterocycles. The first kappa shape index (κ1) is 15.7. The molecule has 1 amide bonds. The van der Waals surface area contributed by atoms with Crippen LogP contribution in [-0.2, 0) is 0 Å². The molecule has 0 spiro atoms. The van der Waals surface area contributed by atoms with Crippen molar-refractivity contribution in [3.63, 3.8) is 0 Å². The zero-order valence-electron chi connectivity index (χ0n) is 13.9. The van der Waals surface area contributed by atoms with Crippen molar-refractivity contribution < 1.29 is 9.32 Å². The highest BCUT2D eigenvalue weighted by atomic mass is 16.5. The van der Waals surface area contributed by atoms with Crippen LogP contribution in [0.1, 0.15) is 79.4 Å². The van der Waals surface area contributed by atoms with Crippen LogP contribution >= 0.6 is 0 Å². The van der Waals surface area contributed by atoms with Crippen LogP contribution in [0, 0.1) is 6.92 Å². The fraction of sp³-hybridized carbons (Fsp3) is 0.625. The van der Waals surface area contributed by atoms with E-state index < -0.39 is 0 Å². The molecule has 3 heterocycles. The Labute approximate surface area is 135 Å². The molecule has 2 aromatic heterocycles. The van der Waals surface area contributed by atoms with E-state index in [2.05, 4.69) is 20.3 Å². The zero-order valence-corrected chi connectivity index (χ0v) is 13.9. The number of aryl methyl sites for hydroxylation is 1. The molecule has 7 nitrogen and oxygen atoms in total. The fourth-order valence-corrected chi connectivity index (χ4v) is 2.91. The van der Waals surface area contributed by atoms with Crippen LogP contribution in [-0.4, -0.2) is 37.7 Å². The summed E-state index contributed by atoms with van der Waals surface area (Å²) < 4.78 is 5.34. The molecule has 2 aromatic rings. The van der Waals surface area contributed by atoms with Crippen LogP contribution in [0.25, 0.3) is 0 Å². The predicted molar refractivity (Wildman–Crippen MR) is 84.0 cm³/mol. The highest BCUT2D eigenvalue weighted by Crippen LogP contribution is 2.30. The van der Waals surface area contributed by atoms with Crippen LogP contribution in [0.15, 0.2) is 10.6 Å². The standard InChI is InChI=1S/C16H23N5O2/c1-10(2)15-17-14(20-23-15)13-7-5-4-6-8-21(13)16(22)12-9-11(3)18-19-12/h9-10,13H,4-8H2,1-3H3,(H,18,19)/t13-/m1/s1. The average Bonchev–Trinajstić information content (AvgIpc) is 3.10. The Kier molecular flexibility index (Phi) is 4.45. The highest BCUT2D eigenvalue weighted by Gasteiger charge is 2.32. The van der Waals surface area contributed by atoms with Gasteiger partial charge in [-0.25, -0.2) is 0 Å². The molecule has 0 radical (unpaired) electrons. The monoisotopic (exact) mass is 317 g/mol. The molecule has 1 atom stereocenters. The molecular formula is C16H23N5O2. The van der Waals surface area contributed by atoms with Gasteiger partial charge in [-0.05, 0) is 25.8 Å². The molecule has 23 heavy (non-hydrogen) atoms. The lowest BCUT2D eigenvalue weighted by atomic mass is 10.1. The number of nitrogens with zero attached hydrogens (tertiary/aromatic N) is 4. The van der Waals surface area contributed by atoms with Crippen LogP contribution < -0.4 is 0 Å². The maximum Gasteiger partial charge on any atom is 0.274 e. The summed E-state index contributed by atoms with van der Waals surface area (Å²) in [4.78, 5) is 19.2. The summed E-state index contributed by atoms with van der Waals surface area (Å²) in [6, 6.07) is 1.64. The van der Waals surface area contributed by atoms with Gasteiger partial charge in [0.05, 0.1) is 6.04 Å². The van der Waals surface area contributed by atoms with E-state index in [9.17, 15) is 4.79 Å². The summed E-state index contributed by atoms with van der Waals surface area (Å²) in [6.45, 7) is 6.61. The number of likely N-dealkylation sites (tertiary alicyclic amines) is 1. The number of carbonyl (C=O) groups excluding carboxylic acids is 1. The van der Waals surface area contributed by atoms with Gasteiger partial charge in [-0.2, -0.15) is 10.1 Å². The minimum atomic E-state index is -0.141. The molecule has 1 N–H and O–H groups in total. The molecule has 0 aliphatic carbocycles. The second-order valence-corrected chi connectivity index (χ2v) is 6.45. The average molecular weight is 317 g/mol. The number of aromatic amines is 1. The summed E-state index contributed by atoms with van der Waals surface area (Å²) in [5.74, 6) is 1.33. The van der Waals surface area contributed by atoms with E-state index in [1.165, 1.54) is 0 Å². The first-order valence-corrected chi connectivity index (χ1v) is 8.22. The van der Waals surface area contributed by atoms with Gasteiger partial charge in [0.15, 0.2) is 5.82 Å². The van der Waals surface area contributed by atoms with Crippen molar-refractivity contribution >= 4 is 5.91 Å². The van der Waals surface area contributed by atoms with Gasteiger partial charge in [0.1, 0.15) is 5.69 Å². The zero-order chi connectivity index (χ0) is 16.4. The highest BCUT2D eigenvalue weighted by molar-refractivity contribution is 5.92. The minimum Gasteiger partial charge on any atom is -0.339 e. The first-order valence-electron chi connectivity index (χ1n) is 8.22. The Morgan fingerprint density at radius 1 is 1.39 bits per heavy atom. The van der Waals surface area contributed by atoms with Gasteiger partial charge in [0.25, 0.3) is 5.91 Å². The molecule has 0 bridgehead atoms. The molecule has 0 aromatic carbocycles. The second-order valence-electron chi connectivity index (χ2n) is 6.45. The molecule has 1 saturated heterocycles. The molecule has 3 rings (SSSR count). The Bertz CT molecular complexity index is 676. The summed E-state index contributed by atoms with van der Waals surface area (Å²) in [5.41, 5.74) is 1.32. The Morgan fingerprint density at radius 2 is 2.22 bits per heavy atom. The quantitative estimate of drug-likeness (QED) is 0.940. The van der Waals surface area contributed by atoms with Crippen molar-refractivity contribution in [3.05, 3.63) is 29.2 Å². The SMILES string of the molecule is Cc1cc(C(=O)N2CCCCC[C@@H]2c2noc(C(C)C)n2)n[nH]1. The third-order valence-corrected chi connectivity index (χ3v) is 4.19. The minimum absolute atomic E-state index is 0.0721. The topological polar surface area (TPSA) is 87.9 Å². The Balaban J connectivity index is 1.89. The lowest BCUT2D eigenvalue weighted by molar-refractivity contribution is 0.0664. The van der Waals surface area contributed by atoms with Gasteiger partial charge >= 0.3 is 0 Å². The third kappa shape index (κ3) is 3.28. The molecule has 0 saturated carbocycles. The lowest BCUT2D eigenvalue weighted by Crippen LogP contribution is -2.35.